The van der Waals surface area contributed by atoms with Gasteiger partial charge in [-0.1, -0.05) is 18.6 Å². The molecule has 31 heavy (non-hydrogen) atoms. The molecule has 1 saturated heterocycles. The summed E-state index contributed by atoms with van der Waals surface area (Å²) in [4.78, 5) is 12.6. The zero-order valence-electron chi connectivity index (χ0n) is 17.6. The van der Waals surface area contributed by atoms with Gasteiger partial charge < -0.3 is 10.6 Å². The molecule has 2 N–H and O–H groups in total. The Balaban J connectivity index is 1.65. The van der Waals surface area contributed by atoms with Crippen LogP contribution in [0.15, 0.2) is 41.3 Å². The van der Waals surface area contributed by atoms with E-state index in [0.29, 0.717) is 24.3 Å². The Hall–Kier alpha value is -2.36. The van der Waals surface area contributed by atoms with Gasteiger partial charge in [0.15, 0.2) is 11.6 Å². The first-order chi connectivity index (χ1) is 14.7. The van der Waals surface area contributed by atoms with Crippen molar-refractivity contribution in [1.29, 1.82) is 0 Å². The van der Waals surface area contributed by atoms with Gasteiger partial charge >= 0.3 is 0 Å². The molecule has 6 nitrogen and oxygen atoms in total. The van der Waals surface area contributed by atoms with Gasteiger partial charge in [-0.15, -0.1) is 0 Å². The highest BCUT2D eigenvalue weighted by Gasteiger charge is 2.26. The van der Waals surface area contributed by atoms with Gasteiger partial charge in [0.2, 0.25) is 15.9 Å². The molecule has 1 atom stereocenters. The lowest BCUT2D eigenvalue weighted by atomic mass is 10.1. The summed E-state index contributed by atoms with van der Waals surface area (Å²) in [6.07, 6.45) is 2.71. The van der Waals surface area contributed by atoms with Crippen LogP contribution in [0.2, 0.25) is 0 Å². The number of sulfonamides is 1. The van der Waals surface area contributed by atoms with Crippen LogP contribution in [-0.4, -0.2) is 38.3 Å². The molecule has 0 saturated carbocycles. The molecule has 1 aliphatic heterocycles. The average Bonchev–Trinajstić information content (AvgIpc) is 2.76. The molecule has 168 valence electrons. The number of halogens is 2. The van der Waals surface area contributed by atoms with Crippen LogP contribution in [0, 0.1) is 18.6 Å². The monoisotopic (exact) mass is 451 g/mol. The lowest BCUT2D eigenvalue weighted by Gasteiger charge is -2.26. The number of nitrogens with one attached hydrogen (secondary N) is 2. The van der Waals surface area contributed by atoms with Crippen molar-refractivity contribution >= 4 is 21.6 Å². The van der Waals surface area contributed by atoms with Gasteiger partial charge in [0.1, 0.15) is 0 Å². The molecule has 9 heteroatoms. The maximum Gasteiger partial charge on any atom is 0.243 e. The summed E-state index contributed by atoms with van der Waals surface area (Å²) in [7, 11) is -3.61. The average molecular weight is 452 g/mol. The molecular formula is C22H27F2N3O3S. The summed E-state index contributed by atoms with van der Waals surface area (Å²) in [6, 6.07) is 7.91. The van der Waals surface area contributed by atoms with E-state index in [0.717, 1.165) is 37.0 Å². The number of nitrogens with zero attached hydrogens (tertiary/aromatic N) is 1. The number of amides is 1. The second-order valence-electron chi connectivity index (χ2n) is 7.77. The highest BCUT2D eigenvalue weighted by molar-refractivity contribution is 7.89. The Morgan fingerprint density at radius 2 is 1.77 bits per heavy atom. The number of hydrogen-bond acceptors (Lipinski definition) is 4. The largest absolute Gasteiger partial charge is 0.325 e. The smallest absolute Gasteiger partial charge is 0.243 e. The lowest BCUT2D eigenvalue weighted by Crippen LogP contribution is -2.35. The third kappa shape index (κ3) is 5.66. The van der Waals surface area contributed by atoms with Crippen molar-refractivity contribution in [2.24, 2.45) is 0 Å². The number of benzene rings is 2. The van der Waals surface area contributed by atoms with Crippen molar-refractivity contribution in [3.05, 3.63) is 59.2 Å². The van der Waals surface area contributed by atoms with Crippen molar-refractivity contribution in [3.8, 4) is 0 Å². The maximum atomic E-state index is 13.4. The second kappa shape index (κ2) is 9.84. The van der Waals surface area contributed by atoms with Crippen molar-refractivity contribution in [2.45, 2.75) is 44.0 Å². The topological polar surface area (TPSA) is 78.5 Å². The van der Waals surface area contributed by atoms with E-state index in [4.69, 9.17) is 0 Å². The number of rotatable bonds is 7. The fourth-order valence-electron chi connectivity index (χ4n) is 3.49. The Bertz CT molecular complexity index is 1050. The normalized spacial score (nSPS) is 16.1. The van der Waals surface area contributed by atoms with Gasteiger partial charge in [-0.05, 0) is 62.1 Å². The molecule has 0 bridgehead atoms. The molecule has 0 aromatic heterocycles. The van der Waals surface area contributed by atoms with Crippen LogP contribution < -0.4 is 10.6 Å². The van der Waals surface area contributed by atoms with Gasteiger partial charge in [-0.3, -0.25) is 4.79 Å². The molecule has 1 heterocycles. The number of piperidine rings is 1. The minimum Gasteiger partial charge on any atom is -0.325 e. The summed E-state index contributed by atoms with van der Waals surface area (Å²) in [5.74, 6) is -2.24. The van der Waals surface area contributed by atoms with E-state index in [1.807, 2.05) is 0 Å². The van der Waals surface area contributed by atoms with Gasteiger partial charge in [-0.25, -0.2) is 17.2 Å². The minimum atomic E-state index is -3.61. The number of hydrogen-bond donors (Lipinski definition) is 2. The number of carbonyl (C=O) groups is 1. The van der Waals surface area contributed by atoms with E-state index in [2.05, 4.69) is 10.6 Å². The van der Waals surface area contributed by atoms with Crippen LogP contribution in [0.4, 0.5) is 14.5 Å². The molecule has 0 aliphatic carbocycles. The molecule has 0 radical (unpaired) electrons. The van der Waals surface area contributed by atoms with Gasteiger partial charge in [0.25, 0.3) is 0 Å². The molecule has 0 spiro atoms. The molecule has 1 aliphatic rings. The molecule has 1 fully saturated rings. The van der Waals surface area contributed by atoms with Crippen LogP contribution in [0.25, 0.3) is 0 Å². The number of aryl methyl sites for hydroxylation is 1. The fraction of sp³-hybridized carbons (Fsp3) is 0.409. The second-order valence-corrected chi connectivity index (χ2v) is 9.70. The Labute approximate surface area is 181 Å². The summed E-state index contributed by atoms with van der Waals surface area (Å²) in [5, 5.41) is 5.69. The molecule has 1 amide bonds. The fourth-order valence-corrected chi connectivity index (χ4v) is 5.03. The van der Waals surface area contributed by atoms with Crippen molar-refractivity contribution in [1.82, 2.24) is 9.62 Å². The predicted molar refractivity (Wildman–Crippen MR) is 115 cm³/mol. The number of anilines is 1. The predicted octanol–water partition coefficient (Wildman–Crippen LogP) is 3.74. The standard InChI is InChI=1S/C22H27F2N3O3S/c1-15-6-8-18(31(29,30)27-10-4-3-5-11-27)13-21(15)26-22(28)14-25-16(2)17-7-9-19(23)20(24)12-17/h6-9,12-13,16,25H,3-5,10-11,14H2,1-2H3,(H,26,28). The molecule has 1 unspecified atom stereocenters. The van der Waals surface area contributed by atoms with Crippen LogP contribution in [0.5, 0.6) is 0 Å². The van der Waals surface area contributed by atoms with E-state index < -0.39 is 21.7 Å². The summed E-state index contributed by atoms with van der Waals surface area (Å²) in [6.45, 7) is 4.44. The van der Waals surface area contributed by atoms with E-state index in [-0.39, 0.29) is 23.4 Å². The van der Waals surface area contributed by atoms with Crippen LogP contribution in [0.1, 0.15) is 43.4 Å². The Morgan fingerprint density at radius 1 is 1.06 bits per heavy atom. The van der Waals surface area contributed by atoms with Crippen LogP contribution in [-0.2, 0) is 14.8 Å². The summed E-state index contributed by atoms with van der Waals surface area (Å²) < 4.78 is 53.8. The first kappa shape index (κ1) is 23.3. The number of carbonyl (C=O) groups excluding carboxylic acids is 1. The Kier molecular flexibility index (Phi) is 7.40. The third-order valence-corrected chi connectivity index (χ3v) is 7.34. The highest BCUT2D eigenvalue weighted by atomic mass is 32.2. The highest BCUT2D eigenvalue weighted by Crippen LogP contribution is 2.25. The van der Waals surface area contributed by atoms with Gasteiger partial charge in [0, 0.05) is 24.8 Å². The van der Waals surface area contributed by atoms with Crippen LogP contribution in [0.3, 0.4) is 0 Å². The van der Waals surface area contributed by atoms with Crippen molar-refractivity contribution < 1.29 is 22.0 Å². The molecular weight excluding hydrogens is 424 g/mol. The van der Waals surface area contributed by atoms with Crippen molar-refractivity contribution in [2.75, 3.05) is 25.0 Å². The van der Waals surface area contributed by atoms with E-state index in [1.165, 1.54) is 16.4 Å². The van der Waals surface area contributed by atoms with E-state index in [9.17, 15) is 22.0 Å². The lowest BCUT2D eigenvalue weighted by molar-refractivity contribution is -0.115. The SMILES string of the molecule is Cc1ccc(S(=O)(=O)N2CCCCC2)cc1NC(=O)CNC(C)c1ccc(F)c(F)c1. The molecule has 3 rings (SSSR count). The minimum absolute atomic E-state index is 0.0807. The quantitative estimate of drug-likeness (QED) is 0.672. The van der Waals surface area contributed by atoms with Crippen molar-refractivity contribution in [3.63, 3.8) is 0 Å². The van der Waals surface area contributed by atoms with E-state index in [1.54, 1.807) is 26.0 Å². The summed E-state index contributed by atoms with van der Waals surface area (Å²) >= 11 is 0. The Morgan fingerprint density at radius 3 is 2.45 bits per heavy atom. The summed E-state index contributed by atoms with van der Waals surface area (Å²) in [5.41, 5.74) is 1.67. The first-order valence-corrected chi connectivity index (χ1v) is 11.7. The van der Waals surface area contributed by atoms with Gasteiger partial charge in [-0.2, -0.15) is 4.31 Å². The molecule has 2 aromatic carbocycles. The zero-order valence-corrected chi connectivity index (χ0v) is 18.4. The van der Waals surface area contributed by atoms with Crippen LogP contribution >= 0.6 is 0 Å². The van der Waals surface area contributed by atoms with Gasteiger partial charge in [0.05, 0.1) is 11.4 Å². The zero-order chi connectivity index (χ0) is 22.6. The third-order valence-electron chi connectivity index (χ3n) is 5.45. The molecule has 2 aromatic rings. The maximum absolute atomic E-state index is 13.4. The van der Waals surface area contributed by atoms with E-state index >= 15 is 0 Å². The first-order valence-electron chi connectivity index (χ1n) is 10.3.